The Hall–Kier alpha value is -0.570. The molecule has 0 heterocycles. The van der Waals surface area contributed by atoms with Gasteiger partial charge in [0.05, 0.1) is 6.61 Å². The van der Waals surface area contributed by atoms with Gasteiger partial charge in [-0.25, -0.2) is 0 Å². The first kappa shape index (κ1) is 18.4. The van der Waals surface area contributed by atoms with Gasteiger partial charge in [0.25, 0.3) is 0 Å². The first-order valence-electron chi connectivity index (χ1n) is 7.87. The van der Waals surface area contributed by atoms with Crippen molar-refractivity contribution < 1.29 is 14.3 Å². The molecule has 0 rings (SSSR count). The van der Waals surface area contributed by atoms with E-state index in [2.05, 4.69) is 27.7 Å². The van der Waals surface area contributed by atoms with Crippen molar-refractivity contribution in [2.75, 3.05) is 6.61 Å². The summed E-state index contributed by atoms with van der Waals surface area (Å²) in [6, 6.07) is 0. The second-order valence-electron chi connectivity index (χ2n) is 5.30. The molecule has 0 N–H and O–H groups in total. The smallest absolute Gasteiger partial charge is 0.304 e. The van der Waals surface area contributed by atoms with Crippen molar-refractivity contribution in [1.82, 2.24) is 0 Å². The van der Waals surface area contributed by atoms with E-state index in [4.69, 9.17) is 9.47 Å². The maximum absolute atomic E-state index is 11.2. The quantitative estimate of drug-likeness (QED) is 0.409. The first-order chi connectivity index (χ1) is 9.08. The molecule has 3 nitrogen and oxygen atoms in total. The minimum atomic E-state index is -0.366. The van der Waals surface area contributed by atoms with Gasteiger partial charge in [0, 0.05) is 12.8 Å². The van der Waals surface area contributed by atoms with Gasteiger partial charge in [-0.1, -0.05) is 53.4 Å². The molecule has 2 unspecified atom stereocenters. The highest BCUT2D eigenvalue weighted by atomic mass is 16.7. The molecular weight excluding hydrogens is 240 g/mol. The molecule has 19 heavy (non-hydrogen) atoms. The number of hydrogen-bond donors (Lipinski definition) is 0. The van der Waals surface area contributed by atoms with E-state index in [1.54, 1.807) is 0 Å². The van der Waals surface area contributed by atoms with E-state index in [-0.39, 0.29) is 12.3 Å². The largest absolute Gasteiger partial charge is 0.436 e. The Bertz CT molecular complexity index is 224. The number of hydrogen-bond acceptors (Lipinski definition) is 3. The minimum Gasteiger partial charge on any atom is -0.436 e. The molecule has 0 saturated carbocycles. The van der Waals surface area contributed by atoms with Crippen LogP contribution in [0.2, 0.25) is 0 Å². The van der Waals surface area contributed by atoms with Crippen LogP contribution in [0, 0.1) is 11.8 Å². The number of rotatable bonds is 11. The molecule has 0 amide bonds. The van der Waals surface area contributed by atoms with Crippen LogP contribution in [0.15, 0.2) is 0 Å². The van der Waals surface area contributed by atoms with E-state index < -0.39 is 0 Å². The standard InChI is InChI=1S/C16H32O3/c1-6-10-11-15(9-4)16(19-13(5)17)18-12-14(7-2)8-3/h14-16H,6-12H2,1-5H3. The van der Waals surface area contributed by atoms with Gasteiger partial charge in [-0.05, 0) is 18.8 Å². The number of esters is 1. The number of carbonyl (C=O) groups excluding carboxylic acids is 1. The van der Waals surface area contributed by atoms with Crippen LogP contribution in [0.1, 0.15) is 73.1 Å². The number of unbranched alkanes of at least 4 members (excludes halogenated alkanes) is 1. The Kier molecular flexibility index (Phi) is 10.9. The maximum Gasteiger partial charge on any atom is 0.304 e. The highest BCUT2D eigenvalue weighted by Gasteiger charge is 2.24. The topological polar surface area (TPSA) is 35.5 Å². The molecule has 0 aromatic heterocycles. The Morgan fingerprint density at radius 3 is 2.11 bits per heavy atom. The van der Waals surface area contributed by atoms with Crippen LogP contribution in [0.3, 0.4) is 0 Å². The van der Waals surface area contributed by atoms with Gasteiger partial charge in [0.2, 0.25) is 6.29 Å². The molecule has 0 aliphatic heterocycles. The summed E-state index contributed by atoms with van der Waals surface area (Å²) in [6.45, 7) is 10.8. The lowest BCUT2D eigenvalue weighted by atomic mass is 9.98. The zero-order chi connectivity index (χ0) is 14.7. The normalized spacial score (nSPS) is 14.4. The van der Waals surface area contributed by atoms with Crippen molar-refractivity contribution in [2.45, 2.75) is 79.4 Å². The van der Waals surface area contributed by atoms with Crippen molar-refractivity contribution in [2.24, 2.45) is 11.8 Å². The summed E-state index contributed by atoms with van der Waals surface area (Å²) in [6.07, 6.45) is 6.22. The van der Waals surface area contributed by atoms with Crippen molar-refractivity contribution in [3.8, 4) is 0 Å². The molecule has 0 radical (unpaired) electrons. The van der Waals surface area contributed by atoms with Crippen LogP contribution in [0.4, 0.5) is 0 Å². The van der Waals surface area contributed by atoms with Crippen molar-refractivity contribution in [3.05, 3.63) is 0 Å². The molecule has 114 valence electrons. The van der Waals surface area contributed by atoms with Gasteiger partial charge >= 0.3 is 5.97 Å². The predicted molar refractivity (Wildman–Crippen MR) is 78.9 cm³/mol. The van der Waals surface area contributed by atoms with Gasteiger partial charge in [-0.3, -0.25) is 4.79 Å². The van der Waals surface area contributed by atoms with Crippen molar-refractivity contribution in [3.63, 3.8) is 0 Å². The van der Waals surface area contributed by atoms with Crippen LogP contribution in [-0.2, 0) is 14.3 Å². The fourth-order valence-electron chi connectivity index (χ4n) is 2.18. The summed E-state index contributed by atoms with van der Waals surface area (Å²) in [5, 5.41) is 0. The van der Waals surface area contributed by atoms with E-state index in [1.165, 1.54) is 6.92 Å². The molecule has 0 aliphatic carbocycles. The fraction of sp³-hybridized carbons (Fsp3) is 0.938. The van der Waals surface area contributed by atoms with Crippen molar-refractivity contribution in [1.29, 1.82) is 0 Å². The van der Waals surface area contributed by atoms with E-state index in [9.17, 15) is 4.79 Å². The third kappa shape index (κ3) is 8.25. The van der Waals surface area contributed by atoms with Gasteiger partial charge in [-0.15, -0.1) is 0 Å². The number of ether oxygens (including phenoxy) is 2. The second-order valence-corrected chi connectivity index (χ2v) is 5.30. The molecule has 0 bridgehead atoms. The predicted octanol–water partition coefficient (Wildman–Crippen LogP) is 4.54. The molecule has 0 fully saturated rings. The van der Waals surface area contributed by atoms with Crippen LogP contribution < -0.4 is 0 Å². The zero-order valence-electron chi connectivity index (χ0n) is 13.4. The monoisotopic (exact) mass is 272 g/mol. The van der Waals surface area contributed by atoms with Gasteiger partial charge in [0.15, 0.2) is 0 Å². The summed E-state index contributed by atoms with van der Waals surface area (Å²) in [5.74, 6) is 0.629. The van der Waals surface area contributed by atoms with E-state index in [1.807, 2.05) is 0 Å². The second kappa shape index (κ2) is 11.3. The van der Waals surface area contributed by atoms with E-state index in [0.29, 0.717) is 18.4 Å². The summed E-state index contributed by atoms with van der Waals surface area (Å²) >= 11 is 0. The lowest BCUT2D eigenvalue weighted by molar-refractivity contribution is -0.194. The molecule has 0 aliphatic rings. The average Bonchev–Trinajstić information content (AvgIpc) is 2.39. The third-order valence-corrected chi connectivity index (χ3v) is 3.77. The molecule has 3 heteroatoms. The van der Waals surface area contributed by atoms with Gasteiger partial charge < -0.3 is 9.47 Å². The molecule has 0 saturated heterocycles. The molecule has 0 aromatic rings. The number of carbonyl (C=O) groups is 1. The van der Waals surface area contributed by atoms with E-state index >= 15 is 0 Å². The molecule has 2 atom stereocenters. The first-order valence-corrected chi connectivity index (χ1v) is 7.87. The molecule has 0 spiro atoms. The Morgan fingerprint density at radius 1 is 1.05 bits per heavy atom. The van der Waals surface area contributed by atoms with Gasteiger partial charge in [-0.2, -0.15) is 0 Å². The Morgan fingerprint density at radius 2 is 1.68 bits per heavy atom. The minimum absolute atomic E-state index is 0.246. The van der Waals surface area contributed by atoms with Gasteiger partial charge in [0.1, 0.15) is 0 Å². The molecule has 0 aromatic carbocycles. The summed E-state index contributed by atoms with van der Waals surface area (Å²) in [4.78, 5) is 11.2. The highest BCUT2D eigenvalue weighted by molar-refractivity contribution is 5.66. The average molecular weight is 272 g/mol. The van der Waals surface area contributed by atoms with E-state index in [0.717, 1.165) is 38.5 Å². The van der Waals surface area contributed by atoms with Crippen LogP contribution in [0.25, 0.3) is 0 Å². The SMILES string of the molecule is CCCCC(CC)C(OCC(CC)CC)OC(C)=O. The Labute approximate surface area is 119 Å². The Balaban J connectivity index is 4.44. The van der Waals surface area contributed by atoms with Crippen LogP contribution in [-0.4, -0.2) is 18.9 Å². The lowest BCUT2D eigenvalue weighted by Gasteiger charge is -2.27. The summed E-state index contributed by atoms with van der Waals surface area (Å²) in [5.41, 5.74) is 0. The summed E-state index contributed by atoms with van der Waals surface area (Å²) < 4.78 is 11.3. The molecular formula is C16H32O3. The lowest BCUT2D eigenvalue weighted by Crippen LogP contribution is -2.30. The fourth-order valence-corrected chi connectivity index (χ4v) is 2.18. The zero-order valence-corrected chi connectivity index (χ0v) is 13.4. The third-order valence-electron chi connectivity index (χ3n) is 3.77. The highest BCUT2D eigenvalue weighted by Crippen LogP contribution is 2.22. The van der Waals surface area contributed by atoms with Crippen LogP contribution >= 0.6 is 0 Å². The van der Waals surface area contributed by atoms with Crippen LogP contribution in [0.5, 0.6) is 0 Å². The van der Waals surface area contributed by atoms with Crippen molar-refractivity contribution >= 4 is 5.97 Å². The maximum atomic E-state index is 11.2. The summed E-state index contributed by atoms with van der Waals surface area (Å²) in [7, 11) is 0.